The first-order chi connectivity index (χ1) is 10.2. The van der Waals surface area contributed by atoms with Crippen LogP contribution in [0.4, 0.5) is 0 Å². The average molecular weight is 316 g/mol. The molecule has 0 fully saturated rings. The number of pyridine rings is 1. The molecule has 0 unspecified atom stereocenters. The minimum absolute atomic E-state index is 0.185. The molecule has 106 valence electrons. The molecule has 1 aromatic carbocycles. The van der Waals surface area contributed by atoms with Crippen LogP contribution in [0.5, 0.6) is 0 Å². The number of benzene rings is 1. The van der Waals surface area contributed by atoms with Crippen molar-refractivity contribution in [2.75, 3.05) is 5.75 Å². The molecule has 21 heavy (non-hydrogen) atoms. The van der Waals surface area contributed by atoms with Crippen LogP contribution in [0.15, 0.2) is 51.3 Å². The highest BCUT2D eigenvalue weighted by Gasteiger charge is 2.11. The van der Waals surface area contributed by atoms with E-state index in [9.17, 15) is 10.1 Å². The summed E-state index contributed by atoms with van der Waals surface area (Å²) < 4.78 is 0. The van der Waals surface area contributed by atoms with Crippen molar-refractivity contribution in [2.45, 2.75) is 21.7 Å². The first-order valence-corrected chi connectivity index (χ1v) is 7.99. The van der Waals surface area contributed by atoms with Crippen molar-refractivity contribution in [2.24, 2.45) is 0 Å². The number of carbonyl (C=O) groups is 1. The van der Waals surface area contributed by atoms with E-state index in [1.165, 1.54) is 30.1 Å². The smallest absolute Gasteiger partial charge is 0.335 e. The van der Waals surface area contributed by atoms with Gasteiger partial charge in [-0.25, -0.2) is 9.78 Å². The molecule has 0 saturated carbocycles. The maximum atomic E-state index is 11.0. The van der Waals surface area contributed by atoms with E-state index >= 15 is 0 Å². The summed E-state index contributed by atoms with van der Waals surface area (Å²) in [5, 5.41) is 18.9. The van der Waals surface area contributed by atoms with Crippen LogP contribution >= 0.6 is 23.5 Å². The SMILES string of the molecule is CCSc1cccc(Sc2cc(C(=O)O)ccn2)c1C#N. The van der Waals surface area contributed by atoms with Gasteiger partial charge in [0.05, 0.1) is 11.1 Å². The lowest BCUT2D eigenvalue weighted by Gasteiger charge is -2.08. The monoisotopic (exact) mass is 316 g/mol. The van der Waals surface area contributed by atoms with Gasteiger partial charge in [-0.2, -0.15) is 5.26 Å². The van der Waals surface area contributed by atoms with Crippen LogP contribution in [0.3, 0.4) is 0 Å². The second-order valence-electron chi connectivity index (χ2n) is 3.96. The van der Waals surface area contributed by atoms with Crippen LogP contribution in [-0.2, 0) is 0 Å². The van der Waals surface area contributed by atoms with E-state index in [-0.39, 0.29) is 5.56 Å². The number of hydrogen-bond acceptors (Lipinski definition) is 5. The largest absolute Gasteiger partial charge is 0.478 e. The van der Waals surface area contributed by atoms with Gasteiger partial charge in [0.15, 0.2) is 0 Å². The summed E-state index contributed by atoms with van der Waals surface area (Å²) in [7, 11) is 0. The molecule has 0 amide bonds. The summed E-state index contributed by atoms with van der Waals surface area (Å²) in [5.41, 5.74) is 0.793. The van der Waals surface area contributed by atoms with Crippen molar-refractivity contribution >= 4 is 29.5 Å². The number of aromatic nitrogens is 1. The number of hydrogen-bond donors (Lipinski definition) is 1. The molecule has 0 spiro atoms. The molecule has 0 bridgehead atoms. The number of nitriles is 1. The third-order valence-corrected chi connectivity index (χ3v) is 4.53. The highest BCUT2D eigenvalue weighted by molar-refractivity contribution is 8.00. The van der Waals surface area contributed by atoms with Gasteiger partial charge in [0.25, 0.3) is 0 Å². The second kappa shape index (κ2) is 7.16. The first kappa shape index (κ1) is 15.4. The van der Waals surface area contributed by atoms with E-state index in [2.05, 4.69) is 11.1 Å². The van der Waals surface area contributed by atoms with Crippen LogP contribution in [0.2, 0.25) is 0 Å². The lowest BCUT2D eigenvalue weighted by Crippen LogP contribution is -1.97. The topological polar surface area (TPSA) is 74.0 Å². The number of carboxylic acid groups (broad SMARTS) is 1. The molecular weight excluding hydrogens is 304 g/mol. The summed E-state index contributed by atoms with van der Waals surface area (Å²) in [6.07, 6.45) is 1.46. The summed E-state index contributed by atoms with van der Waals surface area (Å²) in [4.78, 5) is 16.8. The van der Waals surface area contributed by atoms with Crippen molar-refractivity contribution in [1.82, 2.24) is 4.98 Å². The van der Waals surface area contributed by atoms with Crippen molar-refractivity contribution in [3.8, 4) is 6.07 Å². The maximum absolute atomic E-state index is 11.0. The Morgan fingerprint density at radius 3 is 2.81 bits per heavy atom. The molecule has 0 radical (unpaired) electrons. The van der Waals surface area contributed by atoms with Gasteiger partial charge in [0, 0.05) is 16.0 Å². The minimum Gasteiger partial charge on any atom is -0.478 e. The van der Waals surface area contributed by atoms with Crippen LogP contribution in [-0.4, -0.2) is 21.8 Å². The lowest BCUT2D eigenvalue weighted by atomic mass is 10.2. The van der Waals surface area contributed by atoms with Gasteiger partial charge in [-0.05, 0) is 30.0 Å². The van der Waals surface area contributed by atoms with Gasteiger partial charge in [0.1, 0.15) is 11.1 Å². The van der Waals surface area contributed by atoms with Crippen molar-refractivity contribution in [3.05, 3.63) is 47.7 Å². The number of thioether (sulfide) groups is 1. The lowest BCUT2D eigenvalue weighted by molar-refractivity contribution is 0.0696. The molecule has 1 aromatic heterocycles. The van der Waals surface area contributed by atoms with Gasteiger partial charge in [0.2, 0.25) is 0 Å². The molecule has 4 nitrogen and oxygen atoms in total. The highest BCUT2D eigenvalue weighted by Crippen LogP contribution is 2.34. The fourth-order valence-electron chi connectivity index (χ4n) is 1.69. The van der Waals surface area contributed by atoms with E-state index in [1.54, 1.807) is 11.8 Å². The summed E-state index contributed by atoms with van der Waals surface area (Å²) in [6.45, 7) is 2.03. The third kappa shape index (κ3) is 3.78. The minimum atomic E-state index is -0.991. The van der Waals surface area contributed by atoms with E-state index in [4.69, 9.17) is 5.11 Å². The number of nitrogens with zero attached hydrogens (tertiary/aromatic N) is 2. The van der Waals surface area contributed by atoms with E-state index in [0.717, 1.165) is 15.5 Å². The van der Waals surface area contributed by atoms with Crippen molar-refractivity contribution < 1.29 is 9.90 Å². The summed E-state index contributed by atoms with van der Waals surface area (Å²) >= 11 is 2.91. The Balaban J connectivity index is 2.36. The first-order valence-electron chi connectivity index (χ1n) is 6.18. The third-order valence-electron chi connectivity index (χ3n) is 2.60. The van der Waals surface area contributed by atoms with E-state index in [1.807, 2.05) is 25.1 Å². The zero-order chi connectivity index (χ0) is 15.2. The number of aromatic carboxylic acids is 1. The van der Waals surface area contributed by atoms with Gasteiger partial charge in [-0.3, -0.25) is 0 Å². The van der Waals surface area contributed by atoms with Crippen LogP contribution in [0, 0.1) is 11.3 Å². The Kier molecular flexibility index (Phi) is 5.26. The van der Waals surface area contributed by atoms with Gasteiger partial charge >= 0.3 is 5.97 Å². The van der Waals surface area contributed by atoms with Crippen LogP contribution < -0.4 is 0 Å². The van der Waals surface area contributed by atoms with Crippen molar-refractivity contribution in [1.29, 1.82) is 5.26 Å². The van der Waals surface area contributed by atoms with Crippen LogP contribution in [0.1, 0.15) is 22.8 Å². The summed E-state index contributed by atoms with van der Waals surface area (Å²) in [5.74, 6) is -0.106. The Morgan fingerprint density at radius 2 is 2.14 bits per heavy atom. The second-order valence-corrected chi connectivity index (χ2v) is 6.33. The molecule has 6 heteroatoms. The maximum Gasteiger partial charge on any atom is 0.335 e. The molecule has 1 N–H and O–H groups in total. The standard InChI is InChI=1S/C15H12N2O2S2/c1-2-20-12-4-3-5-13(11(12)9-16)21-14-8-10(15(18)19)6-7-17-14/h3-8H,2H2,1H3,(H,18,19). The normalized spacial score (nSPS) is 10.1. The zero-order valence-corrected chi connectivity index (χ0v) is 12.9. The Hall–Kier alpha value is -1.97. The molecule has 2 rings (SSSR count). The number of carboxylic acids is 1. The molecular formula is C15H12N2O2S2. The van der Waals surface area contributed by atoms with E-state index < -0.39 is 5.97 Å². The predicted molar refractivity (Wildman–Crippen MR) is 82.9 cm³/mol. The molecule has 1 heterocycles. The Morgan fingerprint density at radius 1 is 1.38 bits per heavy atom. The Labute approximate surface area is 131 Å². The molecule has 0 aliphatic carbocycles. The number of rotatable bonds is 5. The molecule has 0 aliphatic heterocycles. The van der Waals surface area contributed by atoms with Gasteiger partial charge in [-0.15, -0.1) is 11.8 Å². The average Bonchev–Trinajstić information content (AvgIpc) is 2.48. The highest BCUT2D eigenvalue weighted by atomic mass is 32.2. The molecule has 0 aliphatic rings. The van der Waals surface area contributed by atoms with E-state index in [0.29, 0.717) is 10.6 Å². The fraction of sp³-hybridized carbons (Fsp3) is 0.133. The Bertz CT molecular complexity index is 711. The predicted octanol–water partition coefficient (Wildman–Crippen LogP) is 3.91. The van der Waals surface area contributed by atoms with Gasteiger partial charge in [-0.1, -0.05) is 24.8 Å². The molecule has 2 aromatic rings. The van der Waals surface area contributed by atoms with Gasteiger partial charge < -0.3 is 5.11 Å². The molecule has 0 saturated heterocycles. The molecule has 0 atom stereocenters. The fourth-order valence-corrected chi connectivity index (χ4v) is 3.47. The quantitative estimate of drug-likeness (QED) is 0.843. The van der Waals surface area contributed by atoms with Crippen molar-refractivity contribution in [3.63, 3.8) is 0 Å². The summed E-state index contributed by atoms with van der Waals surface area (Å²) in [6, 6.07) is 10.8. The van der Waals surface area contributed by atoms with Crippen LogP contribution in [0.25, 0.3) is 0 Å². The zero-order valence-electron chi connectivity index (χ0n) is 11.2.